The molecule has 0 aliphatic heterocycles. The van der Waals surface area contributed by atoms with E-state index in [-0.39, 0.29) is 0 Å². The van der Waals surface area contributed by atoms with Gasteiger partial charge in [-0.3, -0.25) is 0 Å². The van der Waals surface area contributed by atoms with Crippen molar-refractivity contribution in [2.75, 3.05) is 29.0 Å². The van der Waals surface area contributed by atoms with E-state index in [0.29, 0.717) is 29.2 Å². The van der Waals surface area contributed by atoms with Crippen LogP contribution < -0.4 is 16.0 Å². The van der Waals surface area contributed by atoms with Crippen molar-refractivity contribution in [3.8, 4) is 0 Å². The maximum atomic E-state index is 6.30. The monoisotopic (exact) mass is 318 g/mol. The minimum Gasteiger partial charge on any atom is -0.393 e. The summed E-state index contributed by atoms with van der Waals surface area (Å²) in [6.45, 7) is 12.3. The molecule has 0 atom stereocenters. The number of anilines is 4. The van der Waals surface area contributed by atoms with E-state index in [1.54, 1.807) is 6.07 Å². The Hall–Kier alpha value is -2.31. The lowest BCUT2D eigenvalue weighted by Crippen LogP contribution is -2.32. The second-order valence-corrected chi connectivity index (χ2v) is 6.60. The van der Waals surface area contributed by atoms with Gasteiger partial charge in [-0.1, -0.05) is 32.9 Å². The third-order valence-corrected chi connectivity index (χ3v) is 3.21. The molecule has 0 aliphatic carbocycles. The molecule has 2 aromatic rings. The Balaban J connectivity index is 2.28. The highest BCUT2D eigenvalue weighted by atomic mass is 16.5. The quantitative estimate of drug-likeness (QED) is 0.809. The van der Waals surface area contributed by atoms with E-state index < -0.39 is 0 Å². The summed E-state index contributed by atoms with van der Waals surface area (Å²) in [6, 6.07) is 1.79. The van der Waals surface area contributed by atoms with Crippen LogP contribution in [0.3, 0.4) is 0 Å². The minimum atomic E-state index is 0.512. The Morgan fingerprint density at radius 3 is 2.35 bits per heavy atom. The molecule has 3 N–H and O–H groups in total. The molecule has 2 aromatic heterocycles. The molecular formula is C16H26N6O. The molecule has 2 heterocycles. The molecule has 126 valence electrons. The molecule has 0 spiro atoms. The standard InChI is InChI=1S/C16H26N6O/c1-10(2)7-22(8-11(3)4)16-14(17)15(18-9-19-16)20-13-6-12(5)23-21-13/h6,9-11H,7-8,17H2,1-5H3,(H,18,19,20,21). The number of nitrogens with zero attached hydrogens (tertiary/aromatic N) is 4. The van der Waals surface area contributed by atoms with Crippen LogP contribution in [-0.2, 0) is 0 Å². The van der Waals surface area contributed by atoms with E-state index in [1.807, 2.05) is 6.92 Å². The van der Waals surface area contributed by atoms with Gasteiger partial charge in [0.2, 0.25) is 0 Å². The Morgan fingerprint density at radius 2 is 1.83 bits per heavy atom. The molecule has 2 rings (SSSR count). The molecule has 0 saturated carbocycles. The number of aryl methyl sites for hydroxylation is 1. The van der Waals surface area contributed by atoms with Gasteiger partial charge < -0.3 is 20.5 Å². The van der Waals surface area contributed by atoms with Crippen molar-refractivity contribution < 1.29 is 4.52 Å². The van der Waals surface area contributed by atoms with Gasteiger partial charge in [-0.15, -0.1) is 0 Å². The fraction of sp³-hybridized carbons (Fsp3) is 0.562. The van der Waals surface area contributed by atoms with Gasteiger partial charge in [0.05, 0.1) is 0 Å². The highest BCUT2D eigenvalue weighted by Gasteiger charge is 2.18. The number of nitrogen functional groups attached to an aromatic ring is 1. The van der Waals surface area contributed by atoms with Crippen LogP contribution in [-0.4, -0.2) is 28.2 Å². The first-order valence-electron chi connectivity index (χ1n) is 7.92. The van der Waals surface area contributed by atoms with Gasteiger partial charge in [-0.25, -0.2) is 9.97 Å². The third kappa shape index (κ3) is 4.58. The molecule has 0 fully saturated rings. The van der Waals surface area contributed by atoms with Gasteiger partial charge in [-0.2, -0.15) is 0 Å². The van der Waals surface area contributed by atoms with E-state index in [0.717, 1.165) is 24.7 Å². The van der Waals surface area contributed by atoms with E-state index >= 15 is 0 Å². The van der Waals surface area contributed by atoms with E-state index in [2.05, 4.69) is 53.0 Å². The molecule has 0 bridgehead atoms. The molecule has 0 radical (unpaired) electrons. The van der Waals surface area contributed by atoms with Crippen molar-refractivity contribution in [3.63, 3.8) is 0 Å². The predicted molar refractivity (Wildman–Crippen MR) is 92.9 cm³/mol. The van der Waals surface area contributed by atoms with Gasteiger partial charge in [0.1, 0.15) is 17.8 Å². The van der Waals surface area contributed by atoms with Crippen LogP contribution in [0.25, 0.3) is 0 Å². The molecule has 7 heteroatoms. The molecule has 0 amide bonds. The Bertz CT molecular complexity index is 627. The van der Waals surface area contributed by atoms with Crippen molar-refractivity contribution in [2.45, 2.75) is 34.6 Å². The number of nitrogens with one attached hydrogen (secondary N) is 1. The lowest BCUT2D eigenvalue weighted by atomic mass is 10.1. The van der Waals surface area contributed by atoms with Gasteiger partial charge in [0, 0.05) is 19.2 Å². The van der Waals surface area contributed by atoms with Crippen molar-refractivity contribution >= 4 is 23.1 Å². The van der Waals surface area contributed by atoms with Gasteiger partial charge in [0.25, 0.3) is 0 Å². The minimum absolute atomic E-state index is 0.512. The maximum absolute atomic E-state index is 6.30. The third-order valence-electron chi connectivity index (χ3n) is 3.21. The van der Waals surface area contributed by atoms with Crippen molar-refractivity contribution in [1.29, 1.82) is 0 Å². The summed E-state index contributed by atoms with van der Waals surface area (Å²) in [5.41, 5.74) is 6.83. The normalized spacial score (nSPS) is 11.3. The Kier molecular flexibility index (Phi) is 5.41. The summed E-state index contributed by atoms with van der Waals surface area (Å²) < 4.78 is 5.05. The maximum Gasteiger partial charge on any atom is 0.175 e. The highest BCUT2D eigenvalue weighted by Crippen LogP contribution is 2.29. The van der Waals surface area contributed by atoms with Crippen molar-refractivity contribution in [1.82, 2.24) is 15.1 Å². The number of hydrogen-bond acceptors (Lipinski definition) is 7. The average Bonchev–Trinajstić information content (AvgIpc) is 2.85. The fourth-order valence-electron chi connectivity index (χ4n) is 2.41. The van der Waals surface area contributed by atoms with E-state index in [1.165, 1.54) is 6.33 Å². The van der Waals surface area contributed by atoms with Crippen LogP contribution in [0.2, 0.25) is 0 Å². The summed E-state index contributed by atoms with van der Waals surface area (Å²) in [4.78, 5) is 10.8. The van der Waals surface area contributed by atoms with Crippen LogP contribution in [0, 0.1) is 18.8 Å². The lowest BCUT2D eigenvalue weighted by molar-refractivity contribution is 0.400. The van der Waals surface area contributed by atoms with E-state index in [4.69, 9.17) is 10.3 Å². The summed E-state index contributed by atoms with van der Waals surface area (Å²) in [7, 11) is 0. The average molecular weight is 318 g/mol. The zero-order valence-corrected chi connectivity index (χ0v) is 14.5. The van der Waals surface area contributed by atoms with Gasteiger partial charge >= 0.3 is 0 Å². The van der Waals surface area contributed by atoms with Crippen molar-refractivity contribution in [3.05, 3.63) is 18.2 Å². The smallest absolute Gasteiger partial charge is 0.175 e. The fourth-order valence-corrected chi connectivity index (χ4v) is 2.41. The van der Waals surface area contributed by atoms with Crippen LogP contribution in [0.1, 0.15) is 33.5 Å². The summed E-state index contributed by atoms with van der Waals surface area (Å²) in [5, 5.41) is 7.00. The van der Waals surface area contributed by atoms with Gasteiger partial charge in [-0.05, 0) is 18.8 Å². The van der Waals surface area contributed by atoms with Crippen LogP contribution >= 0.6 is 0 Å². The first kappa shape index (κ1) is 17.1. The Labute approximate surface area is 137 Å². The molecule has 0 aliphatic rings. The second kappa shape index (κ2) is 7.30. The van der Waals surface area contributed by atoms with Crippen LogP contribution in [0.4, 0.5) is 23.1 Å². The number of nitrogens with two attached hydrogens (primary N) is 1. The first-order valence-corrected chi connectivity index (χ1v) is 7.92. The second-order valence-electron chi connectivity index (χ2n) is 6.60. The molecule has 0 unspecified atom stereocenters. The molecule has 7 nitrogen and oxygen atoms in total. The van der Waals surface area contributed by atoms with Crippen LogP contribution in [0.15, 0.2) is 16.9 Å². The zero-order valence-electron chi connectivity index (χ0n) is 14.5. The SMILES string of the molecule is Cc1cc(Nc2ncnc(N(CC(C)C)CC(C)C)c2N)no1. The topological polar surface area (TPSA) is 93.1 Å². The highest BCUT2D eigenvalue weighted by molar-refractivity contribution is 5.77. The zero-order chi connectivity index (χ0) is 17.0. The molecular weight excluding hydrogens is 292 g/mol. The molecule has 23 heavy (non-hydrogen) atoms. The van der Waals surface area contributed by atoms with Gasteiger partial charge in [0.15, 0.2) is 17.5 Å². The number of aromatic nitrogens is 3. The lowest BCUT2D eigenvalue weighted by Gasteiger charge is -2.28. The summed E-state index contributed by atoms with van der Waals surface area (Å²) in [6.07, 6.45) is 1.52. The molecule has 0 aromatic carbocycles. The number of rotatable bonds is 7. The predicted octanol–water partition coefficient (Wildman–Crippen LogP) is 3.22. The first-order chi connectivity index (χ1) is 10.9. The largest absolute Gasteiger partial charge is 0.393 e. The van der Waals surface area contributed by atoms with Crippen LogP contribution in [0.5, 0.6) is 0 Å². The van der Waals surface area contributed by atoms with Crippen molar-refractivity contribution in [2.24, 2.45) is 11.8 Å². The summed E-state index contributed by atoms with van der Waals surface area (Å²) >= 11 is 0. The Morgan fingerprint density at radius 1 is 1.17 bits per heavy atom. The number of hydrogen-bond donors (Lipinski definition) is 2. The molecule has 0 saturated heterocycles. The van der Waals surface area contributed by atoms with E-state index in [9.17, 15) is 0 Å². The summed E-state index contributed by atoms with van der Waals surface area (Å²) in [5.74, 6) is 3.63.